The van der Waals surface area contributed by atoms with Crippen LogP contribution in [0.3, 0.4) is 0 Å². The number of carbonyl (C=O) groups excluding carboxylic acids is 1. The van der Waals surface area contributed by atoms with Crippen LogP contribution in [-0.4, -0.2) is 17.0 Å². The van der Waals surface area contributed by atoms with E-state index < -0.39 is 16.8 Å². The highest BCUT2D eigenvalue weighted by atomic mass is 35.5. The molecule has 136 valence electrons. The van der Waals surface area contributed by atoms with Crippen molar-refractivity contribution in [2.75, 3.05) is 6.54 Å². The predicted octanol–water partition coefficient (Wildman–Crippen LogP) is 4.60. The van der Waals surface area contributed by atoms with Crippen molar-refractivity contribution in [2.45, 2.75) is 12.7 Å². The molecule has 2 aromatic carbocycles. The van der Waals surface area contributed by atoms with Crippen molar-refractivity contribution >= 4 is 28.4 Å². The summed E-state index contributed by atoms with van der Waals surface area (Å²) in [5, 5.41) is 12.3. The van der Waals surface area contributed by atoms with Crippen molar-refractivity contribution in [3.05, 3.63) is 58.2 Å². The number of nitrogens with zero attached hydrogens (tertiary/aromatic N) is 2. The Kier molecular flexibility index (Phi) is 3.89. The van der Waals surface area contributed by atoms with Gasteiger partial charge in [-0.05, 0) is 35.9 Å². The quantitative estimate of drug-likeness (QED) is 0.661. The molecule has 4 nitrogen and oxygen atoms in total. The van der Waals surface area contributed by atoms with Gasteiger partial charge in [0.05, 0.1) is 27.7 Å². The smallest absolute Gasteiger partial charge is 0.349 e. The minimum Gasteiger partial charge on any atom is -0.349 e. The van der Waals surface area contributed by atoms with Crippen LogP contribution in [0.25, 0.3) is 22.0 Å². The molecule has 2 heterocycles. The third-order valence-electron chi connectivity index (χ3n) is 4.56. The molecule has 27 heavy (non-hydrogen) atoms. The number of hydrogen-bond donors (Lipinski definition) is 1. The Balaban J connectivity index is 2.05. The zero-order valence-corrected chi connectivity index (χ0v) is 14.4. The lowest BCUT2D eigenvalue weighted by atomic mass is 9.98. The molecule has 1 aliphatic heterocycles. The molecule has 0 saturated carbocycles. The molecule has 0 fully saturated rings. The van der Waals surface area contributed by atoms with Crippen LogP contribution in [0.2, 0.25) is 5.02 Å². The van der Waals surface area contributed by atoms with Crippen LogP contribution in [0.5, 0.6) is 0 Å². The third-order valence-corrected chi connectivity index (χ3v) is 4.89. The van der Waals surface area contributed by atoms with E-state index in [9.17, 15) is 23.2 Å². The summed E-state index contributed by atoms with van der Waals surface area (Å²) in [6.07, 6.45) is -4.60. The molecule has 1 aromatic heterocycles. The maximum Gasteiger partial charge on any atom is 0.417 e. The number of benzene rings is 2. The lowest BCUT2D eigenvalue weighted by Crippen LogP contribution is -2.34. The van der Waals surface area contributed by atoms with Crippen molar-refractivity contribution < 1.29 is 18.0 Å². The molecule has 0 aliphatic carbocycles. The first-order valence-electron chi connectivity index (χ1n) is 8.02. The van der Waals surface area contributed by atoms with Crippen LogP contribution < -0.4 is 5.32 Å². The van der Waals surface area contributed by atoms with E-state index in [0.717, 1.165) is 6.07 Å². The number of nitrogens with one attached hydrogen (secondary N) is 1. The highest BCUT2D eigenvalue weighted by Gasteiger charge is 2.33. The van der Waals surface area contributed by atoms with Gasteiger partial charge in [-0.1, -0.05) is 17.7 Å². The molecule has 4 rings (SSSR count). The Labute approximate surface area is 156 Å². The average molecular weight is 390 g/mol. The molecular formula is C19H11ClF3N3O. The van der Waals surface area contributed by atoms with E-state index in [-0.39, 0.29) is 11.5 Å². The Hall–Kier alpha value is -2.98. The fraction of sp³-hybridized carbons (Fsp3) is 0.158. The van der Waals surface area contributed by atoms with Crippen molar-refractivity contribution in [3.63, 3.8) is 0 Å². The summed E-state index contributed by atoms with van der Waals surface area (Å²) in [4.78, 5) is 12.1. The minimum atomic E-state index is -4.60. The van der Waals surface area contributed by atoms with Crippen LogP contribution in [0.1, 0.15) is 21.6 Å². The van der Waals surface area contributed by atoms with Gasteiger partial charge in [0.15, 0.2) is 0 Å². The van der Waals surface area contributed by atoms with Crippen LogP contribution in [0.4, 0.5) is 13.2 Å². The zero-order chi connectivity index (χ0) is 19.3. The summed E-state index contributed by atoms with van der Waals surface area (Å²) < 4.78 is 41.6. The fourth-order valence-electron chi connectivity index (χ4n) is 3.40. The van der Waals surface area contributed by atoms with Gasteiger partial charge in [0.25, 0.3) is 5.91 Å². The Bertz CT molecular complexity index is 1140. The predicted molar refractivity (Wildman–Crippen MR) is 94.4 cm³/mol. The van der Waals surface area contributed by atoms with E-state index in [2.05, 4.69) is 5.32 Å². The Morgan fingerprint density at radius 2 is 1.96 bits per heavy atom. The molecule has 8 heteroatoms. The van der Waals surface area contributed by atoms with Gasteiger partial charge in [-0.2, -0.15) is 18.4 Å². The number of aromatic nitrogens is 1. The minimum absolute atomic E-state index is 0.256. The first-order chi connectivity index (χ1) is 12.8. The van der Waals surface area contributed by atoms with Gasteiger partial charge in [0, 0.05) is 24.0 Å². The van der Waals surface area contributed by atoms with E-state index in [4.69, 9.17) is 11.6 Å². The maximum atomic E-state index is 13.3. The van der Waals surface area contributed by atoms with Gasteiger partial charge in [0.1, 0.15) is 5.69 Å². The SMILES string of the molecule is N#Cc1cc(-c2ccc(Cl)c(C(F)(F)F)c2)c2c(c1)cc1n2CCNC1=O. The molecule has 0 radical (unpaired) electrons. The second kappa shape index (κ2) is 6.03. The van der Waals surface area contributed by atoms with E-state index >= 15 is 0 Å². The topological polar surface area (TPSA) is 57.8 Å². The number of carbonyl (C=O) groups is 1. The molecule has 1 amide bonds. The Morgan fingerprint density at radius 3 is 2.67 bits per heavy atom. The van der Waals surface area contributed by atoms with Gasteiger partial charge < -0.3 is 9.88 Å². The number of hydrogen-bond acceptors (Lipinski definition) is 2. The number of halogens is 4. The van der Waals surface area contributed by atoms with Crippen molar-refractivity contribution in [3.8, 4) is 17.2 Å². The second-order valence-electron chi connectivity index (χ2n) is 6.20. The Morgan fingerprint density at radius 1 is 1.19 bits per heavy atom. The fourth-order valence-corrected chi connectivity index (χ4v) is 3.63. The molecular weight excluding hydrogens is 379 g/mol. The number of alkyl halides is 3. The standard InChI is InChI=1S/C19H11ClF3N3O/c20-15-2-1-11(7-14(15)19(21,22)23)13-6-10(9-24)5-12-8-16-18(27)25-3-4-26(16)17(12)13/h1-2,5-8H,3-4H2,(H,25,27). The van der Waals surface area contributed by atoms with Crippen LogP contribution in [0.15, 0.2) is 36.4 Å². The number of rotatable bonds is 1. The molecule has 0 spiro atoms. The average Bonchev–Trinajstić information content (AvgIpc) is 3.00. The summed E-state index contributed by atoms with van der Waals surface area (Å²) in [6, 6.07) is 10.5. The normalized spacial score (nSPS) is 14.0. The molecule has 0 bridgehead atoms. The molecule has 1 aliphatic rings. The van der Waals surface area contributed by atoms with Crippen LogP contribution >= 0.6 is 11.6 Å². The van der Waals surface area contributed by atoms with Gasteiger partial charge in [-0.15, -0.1) is 0 Å². The molecule has 0 unspecified atom stereocenters. The zero-order valence-electron chi connectivity index (χ0n) is 13.7. The summed E-state index contributed by atoms with van der Waals surface area (Å²) in [5.41, 5.74) is 1.12. The lowest BCUT2D eigenvalue weighted by Gasteiger charge is -2.18. The first kappa shape index (κ1) is 17.4. The summed E-state index contributed by atoms with van der Waals surface area (Å²) in [5.74, 6) is -0.256. The van der Waals surface area contributed by atoms with E-state index in [0.29, 0.717) is 40.8 Å². The highest BCUT2D eigenvalue weighted by molar-refractivity contribution is 6.31. The van der Waals surface area contributed by atoms with E-state index in [1.54, 1.807) is 16.7 Å². The number of fused-ring (bicyclic) bond motifs is 3. The monoisotopic (exact) mass is 389 g/mol. The number of nitriles is 1. The summed E-state index contributed by atoms with van der Waals surface area (Å²) in [6.45, 7) is 0.909. The molecule has 1 N–H and O–H groups in total. The third kappa shape index (κ3) is 2.82. The van der Waals surface area contributed by atoms with Crippen molar-refractivity contribution in [2.24, 2.45) is 0 Å². The van der Waals surface area contributed by atoms with Gasteiger partial charge in [-0.25, -0.2) is 0 Å². The van der Waals surface area contributed by atoms with E-state index in [1.807, 2.05) is 6.07 Å². The lowest BCUT2D eigenvalue weighted by molar-refractivity contribution is -0.137. The van der Waals surface area contributed by atoms with Crippen molar-refractivity contribution in [1.29, 1.82) is 5.26 Å². The second-order valence-corrected chi connectivity index (χ2v) is 6.61. The van der Waals surface area contributed by atoms with Gasteiger partial charge in [-0.3, -0.25) is 4.79 Å². The largest absolute Gasteiger partial charge is 0.417 e. The van der Waals surface area contributed by atoms with Crippen molar-refractivity contribution in [1.82, 2.24) is 9.88 Å². The van der Waals surface area contributed by atoms with Crippen LogP contribution in [0, 0.1) is 11.3 Å². The highest BCUT2D eigenvalue weighted by Crippen LogP contribution is 2.39. The maximum absolute atomic E-state index is 13.3. The van der Waals surface area contributed by atoms with Gasteiger partial charge in [0.2, 0.25) is 0 Å². The number of amides is 1. The molecule has 3 aromatic rings. The molecule has 0 saturated heterocycles. The van der Waals surface area contributed by atoms with E-state index in [1.165, 1.54) is 18.2 Å². The first-order valence-corrected chi connectivity index (χ1v) is 8.40. The molecule has 0 atom stereocenters. The summed E-state index contributed by atoms with van der Waals surface area (Å²) in [7, 11) is 0. The van der Waals surface area contributed by atoms with Crippen LogP contribution in [-0.2, 0) is 12.7 Å². The van der Waals surface area contributed by atoms with Gasteiger partial charge >= 0.3 is 6.18 Å². The summed E-state index contributed by atoms with van der Waals surface area (Å²) >= 11 is 5.73.